The van der Waals surface area contributed by atoms with Crippen molar-refractivity contribution in [2.24, 2.45) is 0 Å². The molecule has 2 amide bonds. The SMILES string of the molecule is CC(C)(C)OC(=O)N1CCC(c2c(C(=O)NCc3cccnc3)cnn2-c2ccc(F)cc2)CC1. The van der Waals surface area contributed by atoms with E-state index in [1.807, 2.05) is 32.9 Å². The molecule has 3 heterocycles. The molecule has 1 aromatic carbocycles. The molecular weight excluding hydrogens is 449 g/mol. The molecule has 2 aromatic heterocycles. The number of amides is 2. The summed E-state index contributed by atoms with van der Waals surface area (Å²) in [6.45, 7) is 6.88. The maximum absolute atomic E-state index is 13.5. The summed E-state index contributed by atoms with van der Waals surface area (Å²) >= 11 is 0. The van der Waals surface area contributed by atoms with E-state index in [2.05, 4.69) is 15.4 Å². The Morgan fingerprint density at radius 3 is 2.46 bits per heavy atom. The van der Waals surface area contributed by atoms with Gasteiger partial charge in [0.1, 0.15) is 11.4 Å². The van der Waals surface area contributed by atoms with E-state index in [-0.39, 0.29) is 23.7 Å². The number of halogens is 1. The Morgan fingerprint density at radius 1 is 1.11 bits per heavy atom. The summed E-state index contributed by atoms with van der Waals surface area (Å²) in [4.78, 5) is 31.5. The van der Waals surface area contributed by atoms with Gasteiger partial charge < -0.3 is 15.0 Å². The van der Waals surface area contributed by atoms with E-state index in [9.17, 15) is 14.0 Å². The smallest absolute Gasteiger partial charge is 0.410 e. The Morgan fingerprint density at radius 2 is 1.83 bits per heavy atom. The predicted molar refractivity (Wildman–Crippen MR) is 129 cm³/mol. The van der Waals surface area contributed by atoms with Crippen LogP contribution in [-0.4, -0.2) is 50.4 Å². The maximum atomic E-state index is 13.5. The number of nitrogens with zero attached hydrogens (tertiary/aromatic N) is 4. The summed E-state index contributed by atoms with van der Waals surface area (Å²) in [5, 5.41) is 7.43. The molecular formula is C26H30FN5O3. The van der Waals surface area contributed by atoms with Gasteiger partial charge in [0.15, 0.2) is 0 Å². The zero-order valence-electron chi connectivity index (χ0n) is 20.2. The van der Waals surface area contributed by atoms with Crippen LogP contribution in [0.15, 0.2) is 55.0 Å². The van der Waals surface area contributed by atoms with E-state index in [4.69, 9.17) is 4.74 Å². The number of ether oxygens (including phenoxy) is 1. The Hall–Kier alpha value is -3.75. The standard InChI is InChI=1S/C26H30FN5O3/c1-26(2,3)35-25(34)31-13-10-19(11-14-31)23-22(24(33)29-16-18-5-4-12-28-15-18)17-30-32(23)21-8-6-20(27)7-9-21/h4-9,12,15,17,19H,10-11,13-14,16H2,1-3H3,(H,29,33). The van der Waals surface area contributed by atoms with Gasteiger partial charge in [-0.3, -0.25) is 9.78 Å². The van der Waals surface area contributed by atoms with Crippen LogP contribution in [0.5, 0.6) is 0 Å². The molecule has 35 heavy (non-hydrogen) atoms. The van der Waals surface area contributed by atoms with Crippen molar-refractivity contribution >= 4 is 12.0 Å². The number of hydrogen-bond acceptors (Lipinski definition) is 5. The van der Waals surface area contributed by atoms with Gasteiger partial charge in [0, 0.05) is 37.9 Å². The summed E-state index contributed by atoms with van der Waals surface area (Å²) < 4.78 is 20.7. The van der Waals surface area contributed by atoms with E-state index in [0.29, 0.717) is 43.7 Å². The monoisotopic (exact) mass is 479 g/mol. The number of rotatable bonds is 5. The normalized spacial score (nSPS) is 14.6. The second kappa shape index (κ2) is 10.2. The summed E-state index contributed by atoms with van der Waals surface area (Å²) in [7, 11) is 0. The third kappa shape index (κ3) is 6.03. The minimum atomic E-state index is -0.561. The Labute approximate surface area is 204 Å². The number of likely N-dealkylation sites (tertiary alicyclic amines) is 1. The van der Waals surface area contributed by atoms with E-state index in [1.54, 1.807) is 40.3 Å². The fourth-order valence-corrected chi connectivity index (χ4v) is 4.16. The van der Waals surface area contributed by atoms with Gasteiger partial charge in [0.2, 0.25) is 0 Å². The zero-order chi connectivity index (χ0) is 25.0. The molecule has 184 valence electrons. The van der Waals surface area contributed by atoms with E-state index in [1.165, 1.54) is 12.1 Å². The number of carbonyl (C=O) groups is 2. The number of carbonyl (C=O) groups excluding carboxylic acids is 2. The summed E-state index contributed by atoms with van der Waals surface area (Å²) in [6.07, 6.45) is 5.90. The lowest BCUT2D eigenvalue weighted by Gasteiger charge is -2.34. The molecule has 0 atom stereocenters. The molecule has 0 unspecified atom stereocenters. The van der Waals surface area contributed by atoms with Crippen LogP contribution in [0.25, 0.3) is 5.69 Å². The molecule has 1 fully saturated rings. The highest BCUT2D eigenvalue weighted by atomic mass is 19.1. The van der Waals surface area contributed by atoms with Crippen molar-refractivity contribution in [3.8, 4) is 5.69 Å². The van der Waals surface area contributed by atoms with Crippen molar-refractivity contribution in [3.05, 3.63) is 77.6 Å². The molecule has 1 aliphatic rings. The molecule has 1 aliphatic heterocycles. The first-order chi connectivity index (χ1) is 16.7. The highest BCUT2D eigenvalue weighted by Crippen LogP contribution is 2.33. The maximum Gasteiger partial charge on any atom is 0.410 e. The molecule has 0 spiro atoms. The largest absolute Gasteiger partial charge is 0.444 e. The summed E-state index contributed by atoms with van der Waals surface area (Å²) in [6, 6.07) is 9.72. The van der Waals surface area contributed by atoms with Crippen LogP contribution >= 0.6 is 0 Å². The van der Waals surface area contributed by atoms with Crippen LogP contribution in [0.4, 0.5) is 9.18 Å². The fraction of sp³-hybridized carbons (Fsp3) is 0.385. The average Bonchev–Trinajstić information content (AvgIpc) is 3.28. The molecule has 0 radical (unpaired) electrons. The first-order valence-electron chi connectivity index (χ1n) is 11.7. The molecule has 3 aromatic rings. The van der Waals surface area contributed by atoms with Crippen LogP contribution < -0.4 is 5.32 Å². The number of nitrogens with one attached hydrogen (secondary N) is 1. The molecule has 8 nitrogen and oxygen atoms in total. The van der Waals surface area contributed by atoms with Crippen molar-refractivity contribution in [2.45, 2.75) is 51.7 Å². The fourth-order valence-electron chi connectivity index (χ4n) is 4.16. The van der Waals surface area contributed by atoms with Crippen molar-refractivity contribution in [3.63, 3.8) is 0 Å². The van der Waals surface area contributed by atoms with Gasteiger partial charge in [-0.15, -0.1) is 0 Å². The number of aromatic nitrogens is 3. The Bertz CT molecular complexity index is 1160. The molecule has 0 aliphatic carbocycles. The molecule has 0 saturated carbocycles. The lowest BCUT2D eigenvalue weighted by Crippen LogP contribution is -2.41. The van der Waals surface area contributed by atoms with Gasteiger partial charge in [-0.1, -0.05) is 6.07 Å². The van der Waals surface area contributed by atoms with E-state index >= 15 is 0 Å². The Kier molecular flexibility index (Phi) is 7.14. The first-order valence-corrected chi connectivity index (χ1v) is 11.7. The molecule has 0 bridgehead atoms. The first kappa shape index (κ1) is 24.4. The highest BCUT2D eigenvalue weighted by molar-refractivity contribution is 5.95. The predicted octanol–water partition coefficient (Wildman–Crippen LogP) is 4.45. The van der Waals surface area contributed by atoms with Crippen molar-refractivity contribution in [1.29, 1.82) is 0 Å². The quantitative estimate of drug-likeness (QED) is 0.584. The van der Waals surface area contributed by atoms with Gasteiger partial charge in [-0.2, -0.15) is 5.10 Å². The number of pyridine rings is 1. The topological polar surface area (TPSA) is 89.3 Å². The van der Waals surface area contributed by atoms with Crippen LogP contribution in [0.1, 0.15) is 61.1 Å². The molecule has 1 saturated heterocycles. The summed E-state index contributed by atoms with van der Waals surface area (Å²) in [5.41, 5.74) is 2.22. The minimum absolute atomic E-state index is 0.0135. The highest BCUT2D eigenvalue weighted by Gasteiger charge is 2.32. The van der Waals surface area contributed by atoms with Crippen molar-refractivity contribution in [2.75, 3.05) is 13.1 Å². The lowest BCUT2D eigenvalue weighted by molar-refractivity contribution is 0.0203. The molecule has 9 heteroatoms. The van der Waals surface area contributed by atoms with Crippen LogP contribution in [0, 0.1) is 5.82 Å². The zero-order valence-corrected chi connectivity index (χ0v) is 20.2. The van der Waals surface area contributed by atoms with Crippen LogP contribution in [-0.2, 0) is 11.3 Å². The third-order valence-corrected chi connectivity index (χ3v) is 5.83. The second-order valence-electron chi connectivity index (χ2n) is 9.62. The number of piperidine rings is 1. The Balaban J connectivity index is 1.56. The van der Waals surface area contributed by atoms with Gasteiger partial charge in [0.05, 0.1) is 23.1 Å². The van der Waals surface area contributed by atoms with Crippen molar-refractivity contribution in [1.82, 2.24) is 25.0 Å². The number of hydrogen-bond donors (Lipinski definition) is 1. The van der Waals surface area contributed by atoms with E-state index < -0.39 is 5.60 Å². The lowest BCUT2D eigenvalue weighted by atomic mass is 9.91. The van der Waals surface area contributed by atoms with Crippen molar-refractivity contribution < 1.29 is 18.7 Å². The third-order valence-electron chi connectivity index (χ3n) is 5.83. The van der Waals surface area contributed by atoms with E-state index in [0.717, 1.165) is 11.3 Å². The summed E-state index contributed by atoms with van der Waals surface area (Å²) in [5.74, 6) is -0.602. The number of benzene rings is 1. The van der Waals surface area contributed by atoms with Crippen LogP contribution in [0.2, 0.25) is 0 Å². The average molecular weight is 480 g/mol. The molecule has 4 rings (SSSR count). The second-order valence-corrected chi connectivity index (χ2v) is 9.62. The van der Waals surface area contributed by atoms with Gasteiger partial charge in [-0.05, 0) is 69.5 Å². The van der Waals surface area contributed by atoms with Gasteiger partial charge >= 0.3 is 6.09 Å². The van der Waals surface area contributed by atoms with Gasteiger partial charge in [0.25, 0.3) is 5.91 Å². The molecule has 1 N–H and O–H groups in total. The minimum Gasteiger partial charge on any atom is -0.444 e. The van der Waals surface area contributed by atoms with Crippen LogP contribution in [0.3, 0.4) is 0 Å². The van der Waals surface area contributed by atoms with Gasteiger partial charge in [-0.25, -0.2) is 13.9 Å².